The van der Waals surface area contributed by atoms with Crippen LogP contribution in [0.3, 0.4) is 0 Å². The van der Waals surface area contributed by atoms with Crippen LogP contribution in [0.15, 0.2) is 18.2 Å². The molecule has 0 saturated carbocycles. The van der Waals surface area contributed by atoms with Crippen LogP contribution in [0.25, 0.3) is 0 Å². The van der Waals surface area contributed by atoms with Crippen LogP contribution in [0, 0.1) is 5.82 Å². The number of carbonyl (C=O) groups is 1. The molecule has 0 spiro atoms. The predicted octanol–water partition coefficient (Wildman–Crippen LogP) is 1.36. The number of benzene rings is 1. The second-order valence-electron chi connectivity index (χ2n) is 5.22. The molecular formula is C14H15FN4O3. The lowest BCUT2D eigenvalue weighted by Gasteiger charge is -2.28. The highest BCUT2D eigenvalue weighted by Gasteiger charge is 2.36. The van der Waals surface area contributed by atoms with Crippen molar-refractivity contribution in [2.45, 2.75) is 24.8 Å². The summed E-state index contributed by atoms with van der Waals surface area (Å²) in [5, 5.41) is 13.4. The van der Waals surface area contributed by atoms with Crippen molar-refractivity contribution < 1.29 is 19.0 Å². The number of nitrogens with zero attached hydrogens (tertiary/aromatic N) is 3. The van der Waals surface area contributed by atoms with Gasteiger partial charge in [0.2, 0.25) is 5.95 Å². The molecule has 0 aliphatic carbocycles. The minimum absolute atomic E-state index is 0.0353. The zero-order chi connectivity index (χ0) is 15.9. The van der Waals surface area contributed by atoms with Gasteiger partial charge < -0.3 is 15.6 Å². The molecule has 0 fully saturated rings. The average molecular weight is 306 g/mol. The number of aliphatic carboxylic acids is 1. The molecule has 116 valence electrons. The Kier molecular flexibility index (Phi) is 3.44. The van der Waals surface area contributed by atoms with E-state index in [1.807, 2.05) is 0 Å². The molecule has 0 bridgehead atoms. The molecule has 22 heavy (non-hydrogen) atoms. The van der Waals surface area contributed by atoms with E-state index in [-0.39, 0.29) is 18.3 Å². The van der Waals surface area contributed by atoms with Crippen molar-refractivity contribution in [1.29, 1.82) is 0 Å². The molecule has 7 nitrogen and oxygen atoms in total. The van der Waals surface area contributed by atoms with Gasteiger partial charge in [-0.1, -0.05) is 0 Å². The van der Waals surface area contributed by atoms with Crippen molar-refractivity contribution in [3.05, 3.63) is 35.4 Å². The van der Waals surface area contributed by atoms with Crippen molar-refractivity contribution in [1.82, 2.24) is 14.8 Å². The third-order valence-corrected chi connectivity index (χ3v) is 3.87. The number of carboxylic acid groups (broad SMARTS) is 1. The number of rotatable bonds is 3. The van der Waals surface area contributed by atoms with E-state index in [0.29, 0.717) is 23.7 Å². The third kappa shape index (κ3) is 2.36. The number of hydrogen-bond donors (Lipinski definition) is 2. The molecule has 2 unspecified atom stereocenters. The molecule has 0 amide bonds. The Morgan fingerprint density at radius 2 is 2.32 bits per heavy atom. The fourth-order valence-electron chi connectivity index (χ4n) is 2.90. The Bertz CT molecular complexity index is 731. The zero-order valence-corrected chi connectivity index (χ0v) is 11.9. The molecule has 1 aromatic heterocycles. The minimum Gasteiger partial charge on any atom is -0.496 e. The van der Waals surface area contributed by atoms with E-state index < -0.39 is 17.7 Å². The Balaban J connectivity index is 2.04. The second kappa shape index (κ2) is 5.28. The lowest BCUT2D eigenvalue weighted by atomic mass is 9.85. The van der Waals surface area contributed by atoms with Crippen LogP contribution in [-0.4, -0.2) is 33.0 Å². The SMILES string of the molecule is COc1ccc(F)cc1C1CC(C(=O)O)c2nc(N)nn2C1. The second-order valence-corrected chi connectivity index (χ2v) is 5.22. The summed E-state index contributed by atoms with van der Waals surface area (Å²) in [7, 11) is 1.49. The van der Waals surface area contributed by atoms with Crippen LogP contribution < -0.4 is 10.5 Å². The number of fused-ring (bicyclic) bond motifs is 1. The molecule has 0 saturated heterocycles. The van der Waals surface area contributed by atoms with Gasteiger partial charge in [-0.2, -0.15) is 4.98 Å². The van der Waals surface area contributed by atoms with E-state index in [4.69, 9.17) is 10.5 Å². The number of halogens is 1. The monoisotopic (exact) mass is 306 g/mol. The van der Waals surface area contributed by atoms with Crippen LogP contribution in [0.2, 0.25) is 0 Å². The maximum Gasteiger partial charge on any atom is 0.314 e. The molecule has 2 atom stereocenters. The van der Waals surface area contributed by atoms with Gasteiger partial charge in [-0.15, -0.1) is 5.10 Å². The van der Waals surface area contributed by atoms with Crippen molar-refractivity contribution >= 4 is 11.9 Å². The van der Waals surface area contributed by atoms with Gasteiger partial charge in [-0.05, 0) is 24.6 Å². The minimum atomic E-state index is -1.01. The number of ether oxygens (including phenoxy) is 1. The van der Waals surface area contributed by atoms with E-state index in [0.717, 1.165) is 0 Å². The lowest BCUT2D eigenvalue weighted by molar-refractivity contribution is -0.139. The maximum absolute atomic E-state index is 13.6. The first-order chi connectivity index (χ1) is 10.5. The molecule has 2 heterocycles. The Morgan fingerprint density at radius 3 is 3.00 bits per heavy atom. The van der Waals surface area contributed by atoms with E-state index in [1.165, 1.54) is 30.0 Å². The molecular weight excluding hydrogens is 291 g/mol. The lowest BCUT2D eigenvalue weighted by Crippen LogP contribution is -2.28. The first-order valence-corrected chi connectivity index (χ1v) is 6.76. The molecule has 0 radical (unpaired) electrons. The molecule has 3 N–H and O–H groups in total. The summed E-state index contributed by atoms with van der Waals surface area (Å²) in [5.41, 5.74) is 6.18. The van der Waals surface area contributed by atoms with Gasteiger partial charge in [-0.3, -0.25) is 4.79 Å². The fourth-order valence-corrected chi connectivity index (χ4v) is 2.90. The molecule has 1 aliphatic rings. The van der Waals surface area contributed by atoms with Gasteiger partial charge >= 0.3 is 5.97 Å². The molecule has 3 rings (SSSR count). The summed E-state index contributed by atoms with van der Waals surface area (Å²) in [4.78, 5) is 15.5. The summed E-state index contributed by atoms with van der Waals surface area (Å²) in [6, 6.07) is 4.21. The van der Waals surface area contributed by atoms with Crippen molar-refractivity contribution in [3.8, 4) is 5.75 Å². The van der Waals surface area contributed by atoms with Crippen LogP contribution >= 0.6 is 0 Å². The van der Waals surface area contributed by atoms with Crippen LogP contribution in [0.5, 0.6) is 5.75 Å². The Hall–Kier alpha value is -2.64. The fraction of sp³-hybridized carbons (Fsp3) is 0.357. The summed E-state index contributed by atoms with van der Waals surface area (Å²) < 4.78 is 20.3. The van der Waals surface area contributed by atoms with Gasteiger partial charge in [0.1, 0.15) is 23.3 Å². The number of aromatic nitrogens is 3. The van der Waals surface area contributed by atoms with Crippen LogP contribution in [-0.2, 0) is 11.3 Å². The van der Waals surface area contributed by atoms with E-state index in [9.17, 15) is 14.3 Å². The van der Waals surface area contributed by atoms with Gasteiger partial charge in [-0.25, -0.2) is 9.07 Å². The topological polar surface area (TPSA) is 103 Å². The van der Waals surface area contributed by atoms with Gasteiger partial charge in [0.25, 0.3) is 0 Å². The van der Waals surface area contributed by atoms with E-state index >= 15 is 0 Å². The molecule has 1 aromatic carbocycles. The summed E-state index contributed by atoms with van der Waals surface area (Å²) in [6.45, 7) is 0.378. The maximum atomic E-state index is 13.6. The van der Waals surface area contributed by atoms with Crippen molar-refractivity contribution in [3.63, 3.8) is 0 Å². The quantitative estimate of drug-likeness (QED) is 0.887. The number of carboxylic acids is 1. The largest absolute Gasteiger partial charge is 0.496 e. The number of methoxy groups -OCH3 is 1. The van der Waals surface area contributed by atoms with E-state index in [2.05, 4.69) is 10.1 Å². The first kappa shape index (κ1) is 14.3. The van der Waals surface area contributed by atoms with E-state index in [1.54, 1.807) is 0 Å². The smallest absolute Gasteiger partial charge is 0.314 e. The third-order valence-electron chi connectivity index (χ3n) is 3.87. The Labute approximate surface area is 125 Å². The normalized spacial score (nSPS) is 20.5. The van der Waals surface area contributed by atoms with Gasteiger partial charge in [0.15, 0.2) is 0 Å². The van der Waals surface area contributed by atoms with Crippen molar-refractivity contribution in [2.24, 2.45) is 0 Å². The number of nitrogen functional groups attached to an aromatic ring is 1. The molecule has 8 heteroatoms. The summed E-state index contributed by atoms with van der Waals surface area (Å²) in [6.07, 6.45) is 0.285. The van der Waals surface area contributed by atoms with Crippen LogP contribution in [0.4, 0.5) is 10.3 Å². The zero-order valence-electron chi connectivity index (χ0n) is 11.9. The summed E-state index contributed by atoms with van der Waals surface area (Å²) >= 11 is 0. The summed E-state index contributed by atoms with van der Waals surface area (Å²) in [5.74, 6) is -1.60. The predicted molar refractivity (Wildman–Crippen MR) is 75.1 cm³/mol. The first-order valence-electron chi connectivity index (χ1n) is 6.76. The Morgan fingerprint density at radius 1 is 1.55 bits per heavy atom. The number of anilines is 1. The highest BCUT2D eigenvalue weighted by atomic mass is 19.1. The number of hydrogen-bond acceptors (Lipinski definition) is 5. The van der Waals surface area contributed by atoms with Crippen molar-refractivity contribution in [2.75, 3.05) is 12.8 Å². The van der Waals surface area contributed by atoms with Crippen LogP contribution in [0.1, 0.15) is 29.6 Å². The average Bonchev–Trinajstić information content (AvgIpc) is 2.85. The molecule has 2 aromatic rings. The highest BCUT2D eigenvalue weighted by Crippen LogP contribution is 2.39. The van der Waals surface area contributed by atoms with Gasteiger partial charge in [0, 0.05) is 11.5 Å². The van der Waals surface area contributed by atoms with Gasteiger partial charge in [0.05, 0.1) is 13.7 Å². The molecule has 1 aliphatic heterocycles. The number of nitrogens with two attached hydrogens (primary N) is 1. The standard InChI is InChI=1S/C14H15FN4O3/c1-22-11-3-2-8(15)5-9(11)7-4-10(13(20)21)12-17-14(16)18-19(12)6-7/h2-3,5,7,10H,4,6H2,1H3,(H2,16,18)(H,20,21). The highest BCUT2D eigenvalue weighted by molar-refractivity contribution is 5.75.